The summed E-state index contributed by atoms with van der Waals surface area (Å²) in [6.45, 7) is 0.557. The van der Waals surface area contributed by atoms with Gasteiger partial charge < -0.3 is 10.6 Å². The van der Waals surface area contributed by atoms with Gasteiger partial charge in [-0.3, -0.25) is 4.79 Å². The fourth-order valence-corrected chi connectivity index (χ4v) is 2.47. The lowest BCUT2D eigenvalue weighted by molar-refractivity contribution is 0.102. The van der Waals surface area contributed by atoms with Gasteiger partial charge in [-0.25, -0.2) is 14.4 Å². The first-order valence-corrected chi connectivity index (χ1v) is 8.37. The molecule has 0 fully saturated rings. The van der Waals surface area contributed by atoms with Crippen molar-refractivity contribution in [1.82, 2.24) is 9.97 Å². The SMILES string of the molecule is O=C(Nc1ccccc1Cl)c1ccnc(NCCc2ccc(F)cc2)n1. The van der Waals surface area contributed by atoms with E-state index in [1.54, 1.807) is 36.4 Å². The van der Waals surface area contributed by atoms with Crippen molar-refractivity contribution in [3.05, 3.63) is 82.9 Å². The van der Waals surface area contributed by atoms with Crippen LogP contribution in [0.3, 0.4) is 0 Å². The van der Waals surface area contributed by atoms with Crippen molar-refractivity contribution in [1.29, 1.82) is 0 Å². The molecule has 1 amide bonds. The number of halogens is 2. The van der Waals surface area contributed by atoms with Gasteiger partial charge in [-0.05, 0) is 42.3 Å². The first-order valence-electron chi connectivity index (χ1n) is 7.99. The van der Waals surface area contributed by atoms with Gasteiger partial charge in [-0.2, -0.15) is 0 Å². The predicted molar refractivity (Wildman–Crippen MR) is 100 cm³/mol. The van der Waals surface area contributed by atoms with Crippen LogP contribution in [0.4, 0.5) is 16.0 Å². The number of para-hydroxylation sites is 1. The summed E-state index contributed by atoms with van der Waals surface area (Å²) in [7, 11) is 0. The maximum atomic E-state index is 12.9. The lowest BCUT2D eigenvalue weighted by Crippen LogP contribution is -2.16. The molecule has 0 unspecified atom stereocenters. The van der Waals surface area contributed by atoms with Crippen LogP contribution in [-0.2, 0) is 6.42 Å². The van der Waals surface area contributed by atoms with Gasteiger partial charge in [0.05, 0.1) is 10.7 Å². The topological polar surface area (TPSA) is 66.9 Å². The molecule has 132 valence electrons. The molecule has 0 aliphatic heterocycles. The van der Waals surface area contributed by atoms with Gasteiger partial charge >= 0.3 is 0 Å². The van der Waals surface area contributed by atoms with Gasteiger partial charge in [-0.1, -0.05) is 35.9 Å². The number of nitrogens with zero attached hydrogens (tertiary/aromatic N) is 2. The predicted octanol–water partition coefficient (Wildman–Crippen LogP) is 4.18. The molecular weight excluding hydrogens is 355 g/mol. The fourth-order valence-electron chi connectivity index (χ4n) is 2.29. The van der Waals surface area contributed by atoms with E-state index in [1.165, 1.54) is 24.4 Å². The number of nitrogens with one attached hydrogen (secondary N) is 2. The average molecular weight is 371 g/mol. The Kier molecular flexibility index (Phi) is 5.76. The molecule has 2 aromatic carbocycles. The number of anilines is 2. The molecule has 1 heterocycles. The minimum atomic E-state index is -0.373. The molecule has 0 aliphatic rings. The Morgan fingerprint density at radius 1 is 1.08 bits per heavy atom. The van der Waals surface area contributed by atoms with Crippen LogP contribution in [-0.4, -0.2) is 22.4 Å². The van der Waals surface area contributed by atoms with E-state index in [0.717, 1.165) is 5.56 Å². The Hall–Kier alpha value is -2.99. The molecule has 0 radical (unpaired) electrons. The van der Waals surface area contributed by atoms with Gasteiger partial charge in [0, 0.05) is 12.7 Å². The molecule has 0 spiro atoms. The molecule has 1 aromatic heterocycles. The molecule has 26 heavy (non-hydrogen) atoms. The highest BCUT2D eigenvalue weighted by Crippen LogP contribution is 2.21. The summed E-state index contributed by atoms with van der Waals surface area (Å²) in [5, 5.41) is 6.22. The van der Waals surface area contributed by atoms with Crippen LogP contribution in [0.2, 0.25) is 5.02 Å². The molecule has 3 aromatic rings. The van der Waals surface area contributed by atoms with Gasteiger partial charge in [0.1, 0.15) is 11.5 Å². The third kappa shape index (κ3) is 4.77. The lowest BCUT2D eigenvalue weighted by Gasteiger charge is -2.08. The van der Waals surface area contributed by atoms with Gasteiger partial charge in [0.2, 0.25) is 5.95 Å². The van der Waals surface area contributed by atoms with Crippen LogP contribution in [0.15, 0.2) is 60.8 Å². The van der Waals surface area contributed by atoms with Crippen molar-refractivity contribution in [2.75, 3.05) is 17.2 Å². The second kappa shape index (κ2) is 8.40. The molecule has 0 bridgehead atoms. The van der Waals surface area contributed by atoms with E-state index in [1.807, 2.05) is 0 Å². The summed E-state index contributed by atoms with van der Waals surface area (Å²) in [6, 6.07) is 14.8. The van der Waals surface area contributed by atoms with Crippen LogP contribution in [0.25, 0.3) is 0 Å². The molecule has 0 saturated heterocycles. The summed E-state index contributed by atoms with van der Waals surface area (Å²) < 4.78 is 12.9. The van der Waals surface area contributed by atoms with Gasteiger partial charge in [0.15, 0.2) is 0 Å². The van der Waals surface area contributed by atoms with Crippen molar-refractivity contribution in [3.63, 3.8) is 0 Å². The Balaban J connectivity index is 1.59. The lowest BCUT2D eigenvalue weighted by atomic mass is 10.1. The van der Waals surface area contributed by atoms with Crippen LogP contribution in [0, 0.1) is 5.82 Å². The van der Waals surface area contributed by atoms with Gasteiger partial charge in [-0.15, -0.1) is 0 Å². The summed E-state index contributed by atoms with van der Waals surface area (Å²) >= 11 is 6.04. The normalized spacial score (nSPS) is 10.4. The summed E-state index contributed by atoms with van der Waals surface area (Å²) in [5.41, 5.74) is 1.74. The van der Waals surface area contributed by atoms with E-state index in [9.17, 15) is 9.18 Å². The Bertz CT molecular complexity index is 902. The monoisotopic (exact) mass is 370 g/mol. The third-order valence-corrected chi connectivity index (χ3v) is 3.95. The number of carbonyl (C=O) groups excluding carboxylic acids is 1. The summed E-state index contributed by atoms with van der Waals surface area (Å²) in [5.74, 6) is -0.289. The third-order valence-electron chi connectivity index (χ3n) is 3.62. The number of hydrogen-bond acceptors (Lipinski definition) is 4. The molecule has 3 rings (SSSR count). The van der Waals surface area contributed by atoms with E-state index in [2.05, 4.69) is 20.6 Å². The van der Waals surface area contributed by atoms with E-state index in [0.29, 0.717) is 29.6 Å². The minimum absolute atomic E-state index is 0.226. The molecular formula is C19H16ClFN4O. The van der Waals surface area contributed by atoms with E-state index >= 15 is 0 Å². The first-order chi connectivity index (χ1) is 12.6. The standard InChI is InChI=1S/C19H16ClFN4O/c20-15-3-1-2-4-16(15)24-18(26)17-10-12-23-19(25-17)22-11-9-13-5-7-14(21)8-6-13/h1-8,10,12H,9,11H2,(H,24,26)(H,22,23,25). The quantitative estimate of drug-likeness (QED) is 0.683. The second-order valence-electron chi connectivity index (χ2n) is 5.50. The molecule has 5 nitrogen and oxygen atoms in total. The number of aromatic nitrogens is 2. The van der Waals surface area contributed by atoms with Gasteiger partial charge in [0.25, 0.3) is 5.91 Å². The van der Waals surface area contributed by atoms with E-state index in [4.69, 9.17) is 11.6 Å². The van der Waals surface area contributed by atoms with Crippen molar-refractivity contribution in [2.24, 2.45) is 0 Å². The number of rotatable bonds is 6. The fraction of sp³-hybridized carbons (Fsp3) is 0.105. The second-order valence-corrected chi connectivity index (χ2v) is 5.91. The summed E-state index contributed by atoms with van der Waals surface area (Å²) in [6.07, 6.45) is 2.19. The van der Waals surface area contributed by atoms with Crippen LogP contribution < -0.4 is 10.6 Å². The number of carbonyl (C=O) groups is 1. The maximum absolute atomic E-state index is 12.9. The Morgan fingerprint density at radius 3 is 2.62 bits per heavy atom. The first kappa shape index (κ1) is 17.8. The van der Waals surface area contributed by atoms with E-state index in [-0.39, 0.29) is 17.4 Å². The van der Waals surface area contributed by atoms with Crippen molar-refractivity contribution < 1.29 is 9.18 Å². The minimum Gasteiger partial charge on any atom is -0.354 e. The smallest absolute Gasteiger partial charge is 0.274 e. The highest BCUT2D eigenvalue weighted by molar-refractivity contribution is 6.33. The molecule has 0 saturated carbocycles. The van der Waals surface area contributed by atoms with Crippen LogP contribution >= 0.6 is 11.6 Å². The van der Waals surface area contributed by atoms with Crippen molar-refractivity contribution in [3.8, 4) is 0 Å². The zero-order valence-corrected chi connectivity index (χ0v) is 14.5. The highest BCUT2D eigenvalue weighted by Gasteiger charge is 2.10. The zero-order chi connectivity index (χ0) is 18.4. The molecule has 2 N–H and O–H groups in total. The molecule has 0 aliphatic carbocycles. The number of amides is 1. The Labute approximate surface area is 155 Å². The highest BCUT2D eigenvalue weighted by atomic mass is 35.5. The zero-order valence-electron chi connectivity index (χ0n) is 13.7. The largest absolute Gasteiger partial charge is 0.354 e. The average Bonchev–Trinajstić information content (AvgIpc) is 2.65. The molecule has 7 heteroatoms. The van der Waals surface area contributed by atoms with Crippen LogP contribution in [0.5, 0.6) is 0 Å². The van der Waals surface area contributed by atoms with Crippen LogP contribution in [0.1, 0.15) is 16.1 Å². The Morgan fingerprint density at radius 2 is 1.85 bits per heavy atom. The number of hydrogen-bond donors (Lipinski definition) is 2. The molecule has 0 atom stereocenters. The van der Waals surface area contributed by atoms with Crippen molar-refractivity contribution >= 4 is 29.1 Å². The van der Waals surface area contributed by atoms with Crippen molar-refractivity contribution in [2.45, 2.75) is 6.42 Å². The number of benzene rings is 2. The maximum Gasteiger partial charge on any atom is 0.274 e. The summed E-state index contributed by atoms with van der Waals surface area (Å²) in [4.78, 5) is 20.6. The van der Waals surface area contributed by atoms with E-state index < -0.39 is 0 Å².